The van der Waals surface area contributed by atoms with Gasteiger partial charge in [0.2, 0.25) is 5.91 Å². The van der Waals surface area contributed by atoms with Crippen LogP contribution >= 0.6 is 11.6 Å². The minimum absolute atomic E-state index is 0.00833. The number of benzene rings is 2. The fraction of sp³-hybridized carbons (Fsp3) is 0.367. The number of amides is 2. The first kappa shape index (κ1) is 26.2. The van der Waals surface area contributed by atoms with Crippen molar-refractivity contribution < 1.29 is 14.3 Å². The molecule has 5 rings (SSSR count). The Morgan fingerprint density at radius 1 is 1.00 bits per heavy atom. The predicted molar refractivity (Wildman–Crippen MR) is 148 cm³/mol. The zero-order chi connectivity index (χ0) is 26.5. The molecule has 3 heterocycles. The van der Waals surface area contributed by atoms with Crippen LogP contribution in [0.4, 0.5) is 5.69 Å². The fourth-order valence-electron chi connectivity index (χ4n) is 5.60. The van der Waals surface area contributed by atoms with Gasteiger partial charge in [0.05, 0.1) is 0 Å². The molecule has 0 saturated carbocycles. The SMILES string of the molecule is CC(=O)N1CCC2CCC(CN(C(=O)COc3ccc(Cl)cc3)Cc3ccccc31)N2Cc1cccnc1. The van der Waals surface area contributed by atoms with Gasteiger partial charge in [-0.15, -0.1) is 0 Å². The monoisotopic (exact) mass is 532 g/mol. The highest BCUT2D eigenvalue weighted by Gasteiger charge is 2.36. The number of aromatic nitrogens is 1. The Balaban J connectivity index is 1.44. The molecule has 1 aromatic heterocycles. The minimum atomic E-state index is -0.0897. The second-order valence-electron chi connectivity index (χ2n) is 10.0. The molecule has 2 unspecified atom stereocenters. The number of carbonyl (C=O) groups excluding carboxylic acids is 2. The van der Waals surface area contributed by atoms with Gasteiger partial charge in [0, 0.05) is 68.3 Å². The van der Waals surface area contributed by atoms with Crippen molar-refractivity contribution in [3.05, 3.63) is 89.2 Å². The molecule has 0 aliphatic carbocycles. The third kappa shape index (κ3) is 6.17. The topological polar surface area (TPSA) is 66.0 Å². The van der Waals surface area contributed by atoms with E-state index in [0.717, 1.165) is 42.6 Å². The minimum Gasteiger partial charge on any atom is -0.484 e. The van der Waals surface area contributed by atoms with Crippen molar-refractivity contribution in [2.75, 3.05) is 24.6 Å². The van der Waals surface area contributed by atoms with Gasteiger partial charge in [-0.25, -0.2) is 0 Å². The molecule has 2 aromatic carbocycles. The standard InChI is InChI=1S/C30H33ClN4O3/c1-22(36)34-16-14-26-10-11-27(35(26)18-23-5-4-15-32-17-23)20-33(19-24-6-2-3-7-29(24)34)30(37)21-38-28-12-8-25(31)9-13-28/h2-9,12-13,15,17,26-27H,10-11,14,16,18-21H2,1H3. The first-order valence-corrected chi connectivity index (χ1v) is 13.5. The highest BCUT2D eigenvalue weighted by Crippen LogP contribution is 2.32. The van der Waals surface area contributed by atoms with Crippen LogP contribution < -0.4 is 9.64 Å². The normalized spacial score (nSPS) is 19.9. The zero-order valence-electron chi connectivity index (χ0n) is 21.6. The number of carbonyl (C=O) groups is 2. The van der Waals surface area contributed by atoms with Gasteiger partial charge in [-0.3, -0.25) is 19.5 Å². The number of hydrogen-bond acceptors (Lipinski definition) is 5. The van der Waals surface area contributed by atoms with Crippen molar-refractivity contribution >= 4 is 29.1 Å². The van der Waals surface area contributed by atoms with Crippen LogP contribution in [-0.4, -0.2) is 58.4 Å². The molecule has 0 radical (unpaired) electrons. The summed E-state index contributed by atoms with van der Waals surface area (Å²) in [5.41, 5.74) is 2.97. The highest BCUT2D eigenvalue weighted by atomic mass is 35.5. The number of hydrogen-bond donors (Lipinski definition) is 0. The van der Waals surface area contributed by atoms with E-state index in [-0.39, 0.29) is 24.5 Å². The van der Waals surface area contributed by atoms with Gasteiger partial charge in [0.15, 0.2) is 6.61 Å². The van der Waals surface area contributed by atoms with E-state index in [9.17, 15) is 9.59 Å². The molecule has 2 aliphatic heterocycles. The van der Waals surface area contributed by atoms with Crippen LogP contribution in [0.1, 0.15) is 37.3 Å². The van der Waals surface area contributed by atoms with Gasteiger partial charge in [-0.2, -0.15) is 0 Å². The van der Waals surface area contributed by atoms with Crippen molar-refractivity contribution in [2.45, 2.75) is 51.4 Å². The van der Waals surface area contributed by atoms with Crippen LogP contribution in [0, 0.1) is 0 Å². The summed E-state index contributed by atoms with van der Waals surface area (Å²) in [6.45, 7) is 3.95. The smallest absolute Gasteiger partial charge is 0.260 e. The average Bonchev–Trinajstić information content (AvgIpc) is 3.28. The number of para-hydroxylation sites is 1. The Hall–Kier alpha value is -3.42. The molecule has 0 N–H and O–H groups in total. The van der Waals surface area contributed by atoms with Gasteiger partial charge in [0.1, 0.15) is 5.75 Å². The molecular weight excluding hydrogens is 500 g/mol. The summed E-state index contributed by atoms with van der Waals surface area (Å²) >= 11 is 5.99. The molecule has 38 heavy (non-hydrogen) atoms. The number of rotatable bonds is 5. The number of halogens is 1. The predicted octanol–water partition coefficient (Wildman–Crippen LogP) is 4.93. The van der Waals surface area contributed by atoms with Gasteiger partial charge >= 0.3 is 0 Å². The lowest BCUT2D eigenvalue weighted by Crippen LogP contribution is -2.46. The lowest BCUT2D eigenvalue weighted by atomic mass is 10.1. The summed E-state index contributed by atoms with van der Waals surface area (Å²) in [5.74, 6) is 0.519. The lowest BCUT2D eigenvalue weighted by Gasteiger charge is -2.33. The maximum Gasteiger partial charge on any atom is 0.260 e. The Bertz CT molecular complexity index is 1250. The third-order valence-electron chi connectivity index (χ3n) is 7.53. The molecule has 3 aromatic rings. The molecule has 7 nitrogen and oxygen atoms in total. The number of ether oxygens (including phenoxy) is 1. The largest absolute Gasteiger partial charge is 0.484 e. The molecule has 8 heteroatoms. The number of anilines is 1. The van der Waals surface area contributed by atoms with Crippen molar-refractivity contribution in [3.8, 4) is 5.75 Å². The summed E-state index contributed by atoms with van der Waals surface area (Å²) in [6, 6.07) is 19.5. The van der Waals surface area contributed by atoms with Gasteiger partial charge in [-0.05, 0) is 66.8 Å². The maximum atomic E-state index is 13.6. The molecule has 1 fully saturated rings. The Morgan fingerprint density at radius 2 is 1.79 bits per heavy atom. The van der Waals surface area contributed by atoms with E-state index in [0.29, 0.717) is 36.4 Å². The van der Waals surface area contributed by atoms with Gasteiger partial charge in [0.25, 0.3) is 5.91 Å². The van der Waals surface area contributed by atoms with Crippen molar-refractivity contribution in [1.82, 2.24) is 14.8 Å². The van der Waals surface area contributed by atoms with E-state index >= 15 is 0 Å². The van der Waals surface area contributed by atoms with Crippen LogP contribution in [-0.2, 0) is 22.7 Å². The molecule has 2 amide bonds. The number of fused-ring (bicyclic) bond motifs is 3. The van der Waals surface area contributed by atoms with Crippen molar-refractivity contribution in [2.24, 2.45) is 0 Å². The summed E-state index contributed by atoms with van der Waals surface area (Å²) < 4.78 is 5.84. The number of pyridine rings is 1. The second kappa shape index (κ2) is 12.0. The first-order chi connectivity index (χ1) is 18.5. The summed E-state index contributed by atoms with van der Waals surface area (Å²) in [7, 11) is 0. The first-order valence-electron chi connectivity index (χ1n) is 13.1. The summed E-state index contributed by atoms with van der Waals surface area (Å²) in [4.78, 5) is 37.0. The maximum absolute atomic E-state index is 13.6. The van der Waals surface area contributed by atoms with E-state index < -0.39 is 0 Å². The van der Waals surface area contributed by atoms with E-state index in [4.69, 9.17) is 16.3 Å². The lowest BCUT2D eigenvalue weighted by molar-refractivity contribution is -0.134. The van der Waals surface area contributed by atoms with E-state index in [2.05, 4.69) is 16.0 Å². The van der Waals surface area contributed by atoms with Crippen molar-refractivity contribution in [3.63, 3.8) is 0 Å². The molecule has 0 spiro atoms. The molecule has 198 valence electrons. The summed E-state index contributed by atoms with van der Waals surface area (Å²) in [6.07, 6.45) is 6.59. The second-order valence-corrected chi connectivity index (χ2v) is 10.5. The van der Waals surface area contributed by atoms with Crippen LogP contribution in [0.25, 0.3) is 0 Å². The van der Waals surface area contributed by atoms with E-state index in [1.165, 1.54) is 0 Å². The Labute approximate surface area is 229 Å². The zero-order valence-corrected chi connectivity index (χ0v) is 22.4. The van der Waals surface area contributed by atoms with E-state index in [1.54, 1.807) is 37.4 Å². The highest BCUT2D eigenvalue weighted by molar-refractivity contribution is 6.30. The van der Waals surface area contributed by atoms with Crippen LogP contribution in [0.3, 0.4) is 0 Å². The van der Waals surface area contributed by atoms with Crippen LogP contribution in [0.2, 0.25) is 5.02 Å². The van der Waals surface area contributed by atoms with E-state index in [1.807, 2.05) is 46.3 Å². The molecular formula is C30H33ClN4O3. The quantitative estimate of drug-likeness (QED) is 0.466. The fourth-order valence-corrected chi connectivity index (χ4v) is 5.72. The summed E-state index contributed by atoms with van der Waals surface area (Å²) in [5, 5.41) is 0.618. The van der Waals surface area contributed by atoms with Crippen LogP contribution in [0.5, 0.6) is 5.75 Å². The molecule has 2 aliphatic rings. The Morgan fingerprint density at radius 3 is 2.55 bits per heavy atom. The molecule has 1 saturated heterocycles. The van der Waals surface area contributed by atoms with Gasteiger partial charge < -0.3 is 14.5 Å². The van der Waals surface area contributed by atoms with Gasteiger partial charge in [-0.1, -0.05) is 35.9 Å². The Kier molecular flexibility index (Phi) is 8.25. The van der Waals surface area contributed by atoms with Crippen molar-refractivity contribution in [1.29, 1.82) is 0 Å². The number of nitrogens with zero attached hydrogens (tertiary/aromatic N) is 4. The van der Waals surface area contributed by atoms with Crippen LogP contribution in [0.15, 0.2) is 73.1 Å². The molecule has 2 atom stereocenters. The average molecular weight is 533 g/mol. The third-order valence-corrected chi connectivity index (χ3v) is 7.78. The molecule has 2 bridgehead atoms.